The molecule has 1 aromatic rings. The zero-order valence-electron chi connectivity index (χ0n) is 9.08. The molecule has 0 unspecified atom stereocenters. The van der Waals surface area contributed by atoms with Crippen LogP contribution in [0.1, 0.15) is 24.0 Å². The van der Waals surface area contributed by atoms with Gasteiger partial charge < -0.3 is 0 Å². The van der Waals surface area contributed by atoms with Crippen molar-refractivity contribution in [3.8, 4) is 0 Å². The van der Waals surface area contributed by atoms with Gasteiger partial charge in [0.2, 0.25) is 0 Å². The van der Waals surface area contributed by atoms with E-state index in [4.69, 9.17) is 0 Å². The van der Waals surface area contributed by atoms with Gasteiger partial charge in [0.05, 0.1) is 0 Å². The standard InChI is InChI=1S/C14H17N/c1-2-4-12-8-14(7-11(12)3-1)9-15(10-14)13-5-6-13/h1-4,13H,5-10H2. The molecule has 78 valence electrons. The SMILES string of the molecule is c1ccc2c(c1)CC1(C2)CN(C2CC2)C1. The molecule has 1 aliphatic heterocycles. The summed E-state index contributed by atoms with van der Waals surface area (Å²) in [5.74, 6) is 0. The van der Waals surface area contributed by atoms with E-state index < -0.39 is 0 Å². The second-order valence-electron chi connectivity index (χ2n) is 5.76. The molecule has 1 heteroatoms. The lowest BCUT2D eigenvalue weighted by Crippen LogP contribution is -2.57. The van der Waals surface area contributed by atoms with Crippen LogP contribution in [0.5, 0.6) is 0 Å². The number of benzene rings is 1. The quantitative estimate of drug-likeness (QED) is 0.670. The molecule has 1 heterocycles. The van der Waals surface area contributed by atoms with Crippen LogP contribution in [-0.2, 0) is 12.8 Å². The number of rotatable bonds is 1. The lowest BCUT2D eigenvalue weighted by molar-refractivity contribution is 0.00217. The lowest BCUT2D eigenvalue weighted by Gasteiger charge is -2.48. The van der Waals surface area contributed by atoms with E-state index in [1.165, 1.54) is 38.8 Å². The highest BCUT2D eigenvalue weighted by atomic mass is 15.3. The van der Waals surface area contributed by atoms with Crippen molar-refractivity contribution in [2.45, 2.75) is 31.7 Å². The van der Waals surface area contributed by atoms with E-state index in [9.17, 15) is 0 Å². The Morgan fingerprint density at radius 3 is 2.13 bits per heavy atom. The average Bonchev–Trinajstić information content (AvgIpc) is 2.94. The molecule has 0 N–H and O–H groups in total. The van der Waals surface area contributed by atoms with Gasteiger partial charge in [-0.25, -0.2) is 0 Å². The minimum absolute atomic E-state index is 0.645. The Balaban J connectivity index is 1.54. The molecule has 1 nitrogen and oxygen atoms in total. The van der Waals surface area contributed by atoms with Gasteiger partial charge in [0.15, 0.2) is 0 Å². The van der Waals surface area contributed by atoms with E-state index >= 15 is 0 Å². The highest BCUT2D eigenvalue weighted by Crippen LogP contribution is 2.47. The summed E-state index contributed by atoms with van der Waals surface area (Å²) in [6.45, 7) is 2.73. The molecule has 2 aliphatic carbocycles. The van der Waals surface area contributed by atoms with Gasteiger partial charge in [-0.3, -0.25) is 4.90 Å². The van der Waals surface area contributed by atoms with Crippen LogP contribution in [0, 0.1) is 5.41 Å². The fourth-order valence-corrected chi connectivity index (χ4v) is 3.51. The van der Waals surface area contributed by atoms with Crippen molar-refractivity contribution >= 4 is 0 Å². The maximum atomic E-state index is 2.70. The summed E-state index contributed by atoms with van der Waals surface area (Å²) in [5, 5.41) is 0. The molecule has 4 rings (SSSR count). The number of likely N-dealkylation sites (tertiary alicyclic amines) is 1. The van der Waals surface area contributed by atoms with Gasteiger partial charge in [-0.15, -0.1) is 0 Å². The topological polar surface area (TPSA) is 3.24 Å². The highest BCUT2D eigenvalue weighted by molar-refractivity contribution is 5.36. The molecule has 2 fully saturated rings. The van der Waals surface area contributed by atoms with E-state index in [2.05, 4.69) is 29.2 Å². The molecular formula is C14H17N. The van der Waals surface area contributed by atoms with Crippen LogP contribution in [-0.4, -0.2) is 24.0 Å². The van der Waals surface area contributed by atoms with Gasteiger partial charge in [-0.1, -0.05) is 24.3 Å². The second kappa shape index (κ2) is 2.65. The Morgan fingerprint density at radius 2 is 1.60 bits per heavy atom. The lowest BCUT2D eigenvalue weighted by atomic mass is 9.77. The molecule has 0 amide bonds. The van der Waals surface area contributed by atoms with Crippen molar-refractivity contribution in [3.63, 3.8) is 0 Å². The van der Waals surface area contributed by atoms with Gasteiger partial charge in [0.25, 0.3) is 0 Å². The average molecular weight is 199 g/mol. The zero-order valence-corrected chi connectivity index (χ0v) is 9.08. The summed E-state index contributed by atoms with van der Waals surface area (Å²) < 4.78 is 0. The van der Waals surface area contributed by atoms with E-state index in [1.54, 1.807) is 11.1 Å². The first-order chi connectivity index (χ1) is 7.35. The van der Waals surface area contributed by atoms with Crippen molar-refractivity contribution < 1.29 is 0 Å². The fourth-order valence-electron chi connectivity index (χ4n) is 3.51. The maximum absolute atomic E-state index is 2.70. The molecule has 1 saturated carbocycles. The Hall–Kier alpha value is -0.820. The Kier molecular flexibility index (Phi) is 1.47. The first-order valence-electron chi connectivity index (χ1n) is 6.16. The van der Waals surface area contributed by atoms with Gasteiger partial charge in [-0.2, -0.15) is 0 Å². The fraction of sp³-hybridized carbons (Fsp3) is 0.571. The van der Waals surface area contributed by atoms with Crippen LogP contribution in [0.3, 0.4) is 0 Å². The molecule has 3 aliphatic rings. The van der Waals surface area contributed by atoms with Gasteiger partial charge in [0, 0.05) is 24.5 Å². The van der Waals surface area contributed by atoms with E-state index in [0.717, 1.165) is 6.04 Å². The molecule has 1 saturated heterocycles. The smallest absolute Gasteiger partial charge is 0.00969 e. The summed E-state index contributed by atoms with van der Waals surface area (Å²) in [7, 11) is 0. The van der Waals surface area contributed by atoms with Crippen LogP contribution in [0.2, 0.25) is 0 Å². The van der Waals surface area contributed by atoms with Crippen LogP contribution >= 0.6 is 0 Å². The third-order valence-corrected chi connectivity index (χ3v) is 4.39. The first kappa shape index (κ1) is 8.35. The van der Waals surface area contributed by atoms with Gasteiger partial charge >= 0.3 is 0 Å². The molecule has 15 heavy (non-hydrogen) atoms. The predicted octanol–water partition coefficient (Wildman–Crippen LogP) is 2.25. The van der Waals surface area contributed by atoms with Crippen molar-refractivity contribution in [1.82, 2.24) is 4.90 Å². The molecule has 0 atom stereocenters. The van der Waals surface area contributed by atoms with Crippen LogP contribution in [0.15, 0.2) is 24.3 Å². The number of hydrogen-bond donors (Lipinski definition) is 0. The maximum Gasteiger partial charge on any atom is 0.00969 e. The van der Waals surface area contributed by atoms with Crippen LogP contribution < -0.4 is 0 Å². The minimum Gasteiger partial charge on any atom is -0.299 e. The molecule has 1 spiro atoms. The zero-order chi connectivity index (χ0) is 9.88. The number of hydrogen-bond acceptors (Lipinski definition) is 1. The Bertz CT molecular complexity index is 373. The summed E-state index contributed by atoms with van der Waals surface area (Å²) in [6, 6.07) is 10.00. The van der Waals surface area contributed by atoms with Crippen molar-refractivity contribution in [1.29, 1.82) is 0 Å². The van der Waals surface area contributed by atoms with Crippen molar-refractivity contribution in [2.24, 2.45) is 5.41 Å². The van der Waals surface area contributed by atoms with Crippen LogP contribution in [0.25, 0.3) is 0 Å². The Labute approximate surface area is 91.1 Å². The summed E-state index contributed by atoms with van der Waals surface area (Å²) in [5.41, 5.74) is 3.88. The number of fused-ring (bicyclic) bond motifs is 1. The van der Waals surface area contributed by atoms with E-state index in [-0.39, 0.29) is 0 Å². The Morgan fingerprint density at radius 1 is 1.00 bits per heavy atom. The minimum atomic E-state index is 0.645. The summed E-state index contributed by atoms with van der Waals surface area (Å²) in [4.78, 5) is 2.70. The van der Waals surface area contributed by atoms with Crippen LogP contribution in [0.4, 0.5) is 0 Å². The third-order valence-electron chi connectivity index (χ3n) is 4.39. The van der Waals surface area contributed by atoms with Crippen molar-refractivity contribution in [3.05, 3.63) is 35.4 Å². The van der Waals surface area contributed by atoms with Gasteiger partial charge in [-0.05, 0) is 36.8 Å². The third kappa shape index (κ3) is 1.19. The van der Waals surface area contributed by atoms with Gasteiger partial charge in [0.1, 0.15) is 0 Å². The molecule has 0 radical (unpaired) electrons. The highest BCUT2D eigenvalue weighted by Gasteiger charge is 2.50. The molecule has 0 bridgehead atoms. The molecular weight excluding hydrogens is 182 g/mol. The molecule has 0 aromatic heterocycles. The second-order valence-corrected chi connectivity index (χ2v) is 5.76. The monoisotopic (exact) mass is 199 g/mol. The normalized spacial score (nSPS) is 27.7. The van der Waals surface area contributed by atoms with E-state index in [1.807, 2.05) is 0 Å². The van der Waals surface area contributed by atoms with Crippen molar-refractivity contribution in [2.75, 3.05) is 13.1 Å². The molecule has 1 aromatic carbocycles. The first-order valence-corrected chi connectivity index (χ1v) is 6.16. The summed E-state index contributed by atoms with van der Waals surface area (Å²) >= 11 is 0. The summed E-state index contributed by atoms with van der Waals surface area (Å²) in [6.07, 6.45) is 5.60. The van der Waals surface area contributed by atoms with E-state index in [0.29, 0.717) is 5.41 Å². The number of nitrogens with zero attached hydrogens (tertiary/aromatic N) is 1. The largest absolute Gasteiger partial charge is 0.299 e. The predicted molar refractivity (Wildman–Crippen MR) is 60.9 cm³/mol.